The van der Waals surface area contributed by atoms with E-state index in [1.54, 1.807) is 18.2 Å². The molecule has 0 aromatic heterocycles. The summed E-state index contributed by atoms with van der Waals surface area (Å²) in [6.07, 6.45) is 0.681. The van der Waals surface area contributed by atoms with Gasteiger partial charge in [-0.2, -0.15) is 0 Å². The lowest BCUT2D eigenvalue weighted by Gasteiger charge is -2.10. The molecule has 2 aromatic carbocycles. The third-order valence-electron chi connectivity index (χ3n) is 2.50. The van der Waals surface area contributed by atoms with Gasteiger partial charge in [-0.25, -0.2) is 4.39 Å². The van der Waals surface area contributed by atoms with Crippen LogP contribution in [0, 0.1) is 5.82 Å². The minimum atomic E-state index is -0.323. The lowest BCUT2D eigenvalue weighted by atomic mass is 10.2. The van der Waals surface area contributed by atoms with Crippen molar-refractivity contribution >= 4 is 33.8 Å². The van der Waals surface area contributed by atoms with Crippen LogP contribution in [0.5, 0.6) is 5.75 Å². The van der Waals surface area contributed by atoms with Crippen molar-refractivity contribution in [2.45, 2.75) is 6.61 Å². The summed E-state index contributed by atoms with van der Waals surface area (Å²) in [4.78, 5) is 10.9. The molecule has 0 aliphatic rings. The average Bonchev–Trinajstić information content (AvgIpc) is 2.39. The Balaban J connectivity index is 2.16. The van der Waals surface area contributed by atoms with E-state index in [0.717, 1.165) is 5.56 Å². The molecule has 2 rings (SSSR count). The molecule has 19 heavy (non-hydrogen) atoms. The molecule has 0 radical (unpaired) electrons. The van der Waals surface area contributed by atoms with Crippen LogP contribution >= 0.6 is 27.5 Å². The summed E-state index contributed by atoms with van der Waals surface area (Å²) in [7, 11) is 0. The molecule has 0 saturated heterocycles. The van der Waals surface area contributed by atoms with Gasteiger partial charge in [0.05, 0.1) is 5.56 Å². The molecule has 5 heteroatoms. The zero-order valence-corrected chi connectivity index (χ0v) is 12.0. The summed E-state index contributed by atoms with van der Waals surface area (Å²) in [6, 6.07) is 9.14. The molecule has 98 valence electrons. The molecular formula is C14H9BrClFO2. The third kappa shape index (κ3) is 3.55. The van der Waals surface area contributed by atoms with Crippen molar-refractivity contribution in [1.29, 1.82) is 0 Å². The van der Waals surface area contributed by atoms with Gasteiger partial charge in [0.1, 0.15) is 18.2 Å². The molecule has 0 heterocycles. The SMILES string of the molecule is O=Cc1cc(Cl)ccc1OCc1ccc(F)cc1Br. The summed E-state index contributed by atoms with van der Waals surface area (Å²) < 4.78 is 19.1. The lowest BCUT2D eigenvalue weighted by Crippen LogP contribution is -1.99. The van der Waals surface area contributed by atoms with Crippen LogP contribution in [0.25, 0.3) is 0 Å². The number of carbonyl (C=O) groups is 1. The molecular weight excluding hydrogens is 335 g/mol. The fraction of sp³-hybridized carbons (Fsp3) is 0.0714. The van der Waals surface area contributed by atoms with Crippen LogP contribution < -0.4 is 4.74 Å². The number of hydrogen-bond donors (Lipinski definition) is 0. The fourth-order valence-electron chi connectivity index (χ4n) is 1.54. The molecule has 0 aliphatic heterocycles. The second kappa shape index (κ2) is 6.17. The van der Waals surface area contributed by atoms with Crippen LogP contribution in [0.3, 0.4) is 0 Å². The summed E-state index contributed by atoms with van der Waals surface area (Å²) in [5.41, 5.74) is 1.17. The van der Waals surface area contributed by atoms with E-state index in [4.69, 9.17) is 16.3 Å². The van der Waals surface area contributed by atoms with Gasteiger partial charge in [-0.15, -0.1) is 0 Å². The predicted molar refractivity (Wildman–Crippen MR) is 75.3 cm³/mol. The molecule has 0 atom stereocenters. The Morgan fingerprint density at radius 2 is 2.05 bits per heavy atom. The number of aldehydes is 1. The van der Waals surface area contributed by atoms with E-state index < -0.39 is 0 Å². The number of halogens is 3. The van der Waals surface area contributed by atoms with Crippen molar-refractivity contribution in [2.24, 2.45) is 0 Å². The maximum atomic E-state index is 12.9. The predicted octanol–water partition coefficient (Wildman–Crippen LogP) is 4.63. The monoisotopic (exact) mass is 342 g/mol. The molecule has 0 amide bonds. The van der Waals surface area contributed by atoms with E-state index in [9.17, 15) is 9.18 Å². The molecule has 2 aromatic rings. The first-order valence-corrected chi connectivity index (χ1v) is 6.58. The van der Waals surface area contributed by atoms with Gasteiger partial charge in [0.2, 0.25) is 0 Å². The topological polar surface area (TPSA) is 26.3 Å². The van der Waals surface area contributed by atoms with E-state index >= 15 is 0 Å². The van der Waals surface area contributed by atoms with Gasteiger partial charge >= 0.3 is 0 Å². The Morgan fingerprint density at radius 1 is 1.26 bits per heavy atom. The Bertz CT molecular complexity index is 616. The van der Waals surface area contributed by atoms with Crippen LogP contribution in [0.2, 0.25) is 5.02 Å². The number of benzene rings is 2. The van der Waals surface area contributed by atoms with E-state index in [0.29, 0.717) is 27.1 Å². The molecule has 0 fully saturated rings. The second-order valence-corrected chi connectivity index (χ2v) is 5.12. The first-order chi connectivity index (χ1) is 9.10. The minimum Gasteiger partial charge on any atom is -0.488 e. The van der Waals surface area contributed by atoms with Gasteiger partial charge in [0.15, 0.2) is 6.29 Å². The van der Waals surface area contributed by atoms with Gasteiger partial charge in [-0.05, 0) is 30.3 Å². The number of ether oxygens (including phenoxy) is 1. The van der Waals surface area contributed by atoms with Crippen LogP contribution in [-0.2, 0) is 6.61 Å². The minimum absolute atomic E-state index is 0.226. The van der Waals surface area contributed by atoms with E-state index in [1.165, 1.54) is 18.2 Å². The Morgan fingerprint density at radius 3 is 2.74 bits per heavy atom. The van der Waals surface area contributed by atoms with Crippen LogP contribution in [0.1, 0.15) is 15.9 Å². The lowest BCUT2D eigenvalue weighted by molar-refractivity contribution is 0.111. The smallest absolute Gasteiger partial charge is 0.153 e. The summed E-state index contributed by atoms with van der Waals surface area (Å²) in [6.45, 7) is 0.226. The van der Waals surface area contributed by atoms with Crippen molar-refractivity contribution in [3.8, 4) is 5.75 Å². The first-order valence-electron chi connectivity index (χ1n) is 5.41. The standard InChI is InChI=1S/C14H9BrClFO2/c15-13-6-12(17)3-1-9(13)8-19-14-4-2-11(16)5-10(14)7-18/h1-7H,8H2. The quantitative estimate of drug-likeness (QED) is 0.756. The van der Waals surface area contributed by atoms with Crippen LogP contribution in [-0.4, -0.2) is 6.29 Å². The second-order valence-electron chi connectivity index (χ2n) is 3.82. The summed E-state index contributed by atoms with van der Waals surface area (Å²) in [5, 5.41) is 0.470. The number of rotatable bonds is 4. The molecule has 0 spiro atoms. The van der Waals surface area contributed by atoms with Gasteiger partial charge in [-0.1, -0.05) is 33.6 Å². The molecule has 0 aliphatic carbocycles. The normalized spacial score (nSPS) is 10.3. The van der Waals surface area contributed by atoms with Crippen molar-refractivity contribution in [2.75, 3.05) is 0 Å². The largest absolute Gasteiger partial charge is 0.488 e. The first kappa shape index (κ1) is 14.0. The van der Waals surface area contributed by atoms with Crippen LogP contribution in [0.4, 0.5) is 4.39 Å². The highest BCUT2D eigenvalue weighted by molar-refractivity contribution is 9.10. The number of hydrogen-bond acceptors (Lipinski definition) is 2. The summed E-state index contributed by atoms with van der Waals surface area (Å²) in [5.74, 6) is 0.117. The molecule has 2 nitrogen and oxygen atoms in total. The van der Waals surface area contributed by atoms with Gasteiger partial charge in [0, 0.05) is 15.1 Å². The third-order valence-corrected chi connectivity index (χ3v) is 3.47. The van der Waals surface area contributed by atoms with Crippen molar-refractivity contribution in [1.82, 2.24) is 0 Å². The average molecular weight is 344 g/mol. The molecule has 0 bridgehead atoms. The molecule has 0 N–H and O–H groups in total. The van der Waals surface area contributed by atoms with E-state index in [-0.39, 0.29) is 12.4 Å². The van der Waals surface area contributed by atoms with Crippen molar-refractivity contribution in [3.05, 3.63) is 62.8 Å². The summed E-state index contributed by atoms with van der Waals surface area (Å²) >= 11 is 9.05. The Kier molecular flexibility index (Phi) is 4.56. The molecule has 0 saturated carbocycles. The number of carbonyl (C=O) groups excluding carboxylic acids is 1. The van der Waals surface area contributed by atoms with Crippen molar-refractivity contribution in [3.63, 3.8) is 0 Å². The zero-order valence-electron chi connectivity index (χ0n) is 9.70. The maximum absolute atomic E-state index is 12.9. The van der Waals surface area contributed by atoms with Gasteiger partial charge in [0.25, 0.3) is 0 Å². The van der Waals surface area contributed by atoms with Crippen molar-refractivity contribution < 1.29 is 13.9 Å². The highest BCUT2D eigenvalue weighted by Crippen LogP contribution is 2.24. The van der Waals surface area contributed by atoms with E-state index in [1.807, 2.05) is 0 Å². The Hall–Kier alpha value is -1.39. The maximum Gasteiger partial charge on any atom is 0.153 e. The van der Waals surface area contributed by atoms with Gasteiger partial charge < -0.3 is 4.74 Å². The fourth-order valence-corrected chi connectivity index (χ4v) is 2.18. The van der Waals surface area contributed by atoms with Crippen LogP contribution in [0.15, 0.2) is 40.9 Å². The zero-order chi connectivity index (χ0) is 13.8. The highest BCUT2D eigenvalue weighted by Gasteiger charge is 2.06. The van der Waals surface area contributed by atoms with E-state index in [2.05, 4.69) is 15.9 Å². The highest BCUT2D eigenvalue weighted by atomic mass is 79.9. The Labute approximate surface area is 123 Å². The van der Waals surface area contributed by atoms with Gasteiger partial charge in [-0.3, -0.25) is 4.79 Å². The molecule has 0 unspecified atom stereocenters.